The molecule has 0 fully saturated rings. The first-order chi connectivity index (χ1) is 9.17. The smallest absolute Gasteiger partial charge is 0.157 e. The van der Waals surface area contributed by atoms with E-state index < -0.39 is 0 Å². The van der Waals surface area contributed by atoms with Gasteiger partial charge in [0.1, 0.15) is 0 Å². The van der Waals surface area contributed by atoms with Gasteiger partial charge in [0, 0.05) is 6.04 Å². The number of fused-ring (bicyclic) bond motifs is 1. The fourth-order valence-electron chi connectivity index (χ4n) is 3.11. The minimum absolute atomic E-state index is 0.000932. The number of rotatable bonds is 5. The van der Waals surface area contributed by atoms with Crippen molar-refractivity contribution in [3.63, 3.8) is 0 Å². The summed E-state index contributed by atoms with van der Waals surface area (Å²) < 4.78 is 0. The van der Waals surface area contributed by atoms with Gasteiger partial charge in [0.2, 0.25) is 0 Å². The normalized spacial score (nSPS) is 20.0. The van der Waals surface area contributed by atoms with E-state index in [1.165, 1.54) is 30.4 Å². The number of nitrogens with one attached hydrogen (secondary N) is 1. The second kappa shape index (κ2) is 6.29. The van der Waals surface area contributed by atoms with Crippen LogP contribution in [0.4, 0.5) is 0 Å². The Hall–Kier alpha value is -1.22. The van der Waals surface area contributed by atoms with Crippen molar-refractivity contribution < 1.29 is 10.2 Å². The van der Waals surface area contributed by atoms with Gasteiger partial charge in [0.05, 0.1) is 0 Å². The molecule has 0 unspecified atom stereocenters. The van der Waals surface area contributed by atoms with Gasteiger partial charge in [-0.05, 0) is 48.6 Å². The Morgan fingerprint density at radius 3 is 2.68 bits per heavy atom. The van der Waals surface area contributed by atoms with E-state index in [9.17, 15) is 10.2 Å². The van der Waals surface area contributed by atoms with E-state index in [4.69, 9.17) is 0 Å². The van der Waals surface area contributed by atoms with Gasteiger partial charge < -0.3 is 15.5 Å². The molecule has 0 bridgehead atoms. The van der Waals surface area contributed by atoms with Crippen molar-refractivity contribution in [3.8, 4) is 11.5 Å². The van der Waals surface area contributed by atoms with E-state index in [0.717, 1.165) is 19.4 Å². The molecule has 2 atom stereocenters. The molecule has 106 valence electrons. The molecule has 3 nitrogen and oxygen atoms in total. The maximum atomic E-state index is 9.75. The summed E-state index contributed by atoms with van der Waals surface area (Å²) in [6.07, 6.45) is 5.74. The number of benzene rings is 1. The predicted molar refractivity (Wildman–Crippen MR) is 77.5 cm³/mol. The monoisotopic (exact) mass is 263 g/mol. The zero-order valence-electron chi connectivity index (χ0n) is 11.9. The average Bonchev–Trinajstić information content (AvgIpc) is 2.41. The molecular formula is C16H25NO2. The predicted octanol–water partition coefficient (Wildman–Crippen LogP) is 3.50. The Balaban J connectivity index is 2.27. The third-order valence-electron chi connectivity index (χ3n) is 4.25. The first-order valence-electron chi connectivity index (χ1n) is 7.45. The summed E-state index contributed by atoms with van der Waals surface area (Å²) >= 11 is 0. The van der Waals surface area contributed by atoms with Crippen LogP contribution >= 0.6 is 0 Å². The fourth-order valence-corrected chi connectivity index (χ4v) is 3.11. The fraction of sp³-hybridized carbons (Fsp3) is 0.625. The third-order valence-corrected chi connectivity index (χ3v) is 4.25. The van der Waals surface area contributed by atoms with Gasteiger partial charge in [-0.2, -0.15) is 0 Å². The van der Waals surface area contributed by atoms with Crippen molar-refractivity contribution in [1.29, 1.82) is 0 Å². The number of phenolic OH excluding ortho intramolecular Hbond substituents is 2. The Kier molecular flexibility index (Phi) is 4.70. The number of phenols is 2. The van der Waals surface area contributed by atoms with Crippen LogP contribution in [0.3, 0.4) is 0 Å². The maximum absolute atomic E-state index is 9.75. The highest BCUT2D eigenvalue weighted by molar-refractivity contribution is 5.47. The van der Waals surface area contributed by atoms with Crippen LogP contribution in [0, 0.1) is 5.92 Å². The quantitative estimate of drug-likeness (QED) is 0.713. The van der Waals surface area contributed by atoms with E-state index in [2.05, 4.69) is 19.2 Å². The van der Waals surface area contributed by atoms with Crippen LogP contribution in [0.25, 0.3) is 0 Å². The van der Waals surface area contributed by atoms with E-state index in [1.807, 2.05) is 0 Å². The van der Waals surface area contributed by atoms with Crippen molar-refractivity contribution >= 4 is 0 Å². The molecular weight excluding hydrogens is 238 g/mol. The van der Waals surface area contributed by atoms with E-state index in [0.29, 0.717) is 12.0 Å². The van der Waals surface area contributed by atoms with Gasteiger partial charge in [0.25, 0.3) is 0 Å². The summed E-state index contributed by atoms with van der Waals surface area (Å²) in [5, 5.41) is 23.0. The minimum Gasteiger partial charge on any atom is -0.504 e. The van der Waals surface area contributed by atoms with Gasteiger partial charge in [-0.15, -0.1) is 0 Å². The summed E-state index contributed by atoms with van der Waals surface area (Å²) in [4.78, 5) is 0. The first kappa shape index (κ1) is 14.2. The standard InChI is InChI=1S/C16H25NO2/c1-3-5-6-11(4-2)16-13-10-15(19)14(18)9-12(13)7-8-17-16/h9-11,16-19H,3-8H2,1-2H3/t11-,16+/m0/s1. The molecule has 0 aromatic heterocycles. The van der Waals surface area contributed by atoms with Crippen molar-refractivity contribution in [1.82, 2.24) is 5.32 Å². The molecule has 2 rings (SSSR count). The summed E-state index contributed by atoms with van der Waals surface area (Å²) in [5.74, 6) is 0.599. The lowest BCUT2D eigenvalue weighted by molar-refractivity contribution is 0.310. The zero-order valence-corrected chi connectivity index (χ0v) is 11.9. The zero-order chi connectivity index (χ0) is 13.8. The van der Waals surface area contributed by atoms with Gasteiger partial charge >= 0.3 is 0 Å². The SMILES string of the molecule is CCCC[C@H](CC)[C@H]1NCCc2cc(O)c(O)cc21. The van der Waals surface area contributed by atoms with Crippen molar-refractivity contribution in [2.75, 3.05) is 6.54 Å². The van der Waals surface area contributed by atoms with Crippen molar-refractivity contribution in [2.24, 2.45) is 5.92 Å². The highest BCUT2D eigenvalue weighted by Gasteiger charge is 2.27. The van der Waals surface area contributed by atoms with Crippen LogP contribution in [0.1, 0.15) is 56.7 Å². The van der Waals surface area contributed by atoms with Crippen LogP contribution in [0.15, 0.2) is 12.1 Å². The molecule has 1 heterocycles. The molecule has 0 saturated carbocycles. The number of unbranched alkanes of at least 4 members (excludes halogenated alkanes) is 1. The second-order valence-electron chi connectivity index (χ2n) is 5.53. The highest BCUT2D eigenvalue weighted by Crippen LogP contribution is 2.38. The molecule has 1 aliphatic heterocycles. The molecule has 0 saturated heterocycles. The number of hydrogen-bond donors (Lipinski definition) is 3. The summed E-state index contributed by atoms with van der Waals surface area (Å²) in [5.41, 5.74) is 2.35. The van der Waals surface area contributed by atoms with E-state index >= 15 is 0 Å². The lowest BCUT2D eigenvalue weighted by atomic mass is 9.82. The van der Waals surface area contributed by atoms with Crippen molar-refractivity contribution in [3.05, 3.63) is 23.3 Å². The molecule has 3 heteroatoms. The van der Waals surface area contributed by atoms with E-state index in [-0.39, 0.29) is 11.5 Å². The Morgan fingerprint density at radius 2 is 2.00 bits per heavy atom. The molecule has 1 aromatic carbocycles. The first-order valence-corrected chi connectivity index (χ1v) is 7.45. The Morgan fingerprint density at radius 1 is 1.26 bits per heavy atom. The Labute approximate surface area is 115 Å². The molecule has 19 heavy (non-hydrogen) atoms. The third kappa shape index (κ3) is 3.03. The maximum Gasteiger partial charge on any atom is 0.157 e. The van der Waals surface area contributed by atoms with Crippen LogP contribution in [-0.2, 0) is 6.42 Å². The summed E-state index contributed by atoms with van der Waals surface area (Å²) in [6.45, 7) is 5.40. The molecule has 0 radical (unpaired) electrons. The second-order valence-corrected chi connectivity index (χ2v) is 5.53. The summed E-state index contributed by atoms with van der Waals surface area (Å²) in [6, 6.07) is 3.79. The lowest BCUT2D eigenvalue weighted by Crippen LogP contribution is -2.34. The van der Waals surface area contributed by atoms with E-state index in [1.54, 1.807) is 12.1 Å². The molecule has 1 aromatic rings. The van der Waals surface area contributed by atoms with Crippen molar-refractivity contribution in [2.45, 2.75) is 52.0 Å². The molecule has 1 aliphatic rings. The minimum atomic E-state index is -0.00204. The van der Waals surface area contributed by atoms with Gasteiger partial charge in [-0.25, -0.2) is 0 Å². The van der Waals surface area contributed by atoms with Gasteiger partial charge in [0.15, 0.2) is 11.5 Å². The number of hydrogen-bond acceptors (Lipinski definition) is 3. The van der Waals surface area contributed by atoms with Crippen LogP contribution in [0.5, 0.6) is 11.5 Å². The largest absolute Gasteiger partial charge is 0.504 e. The average molecular weight is 263 g/mol. The molecule has 0 spiro atoms. The molecule has 0 amide bonds. The lowest BCUT2D eigenvalue weighted by Gasteiger charge is -2.33. The van der Waals surface area contributed by atoms with Crippen LogP contribution in [-0.4, -0.2) is 16.8 Å². The van der Waals surface area contributed by atoms with Gasteiger partial charge in [-0.3, -0.25) is 0 Å². The molecule has 0 aliphatic carbocycles. The van der Waals surface area contributed by atoms with Crippen LogP contribution < -0.4 is 5.32 Å². The highest BCUT2D eigenvalue weighted by atomic mass is 16.3. The van der Waals surface area contributed by atoms with Gasteiger partial charge in [-0.1, -0.05) is 33.1 Å². The summed E-state index contributed by atoms with van der Waals surface area (Å²) in [7, 11) is 0. The topological polar surface area (TPSA) is 52.5 Å². The number of aromatic hydroxyl groups is 2. The van der Waals surface area contributed by atoms with Crippen LogP contribution in [0.2, 0.25) is 0 Å². The Bertz CT molecular complexity index is 431. The molecule has 3 N–H and O–H groups in total.